The van der Waals surface area contributed by atoms with Gasteiger partial charge in [0.15, 0.2) is 12.4 Å². The van der Waals surface area contributed by atoms with Crippen molar-refractivity contribution >= 4 is 21.8 Å². The van der Waals surface area contributed by atoms with Crippen molar-refractivity contribution in [2.45, 2.75) is 6.42 Å². The van der Waals surface area contributed by atoms with Crippen molar-refractivity contribution in [2.75, 3.05) is 26.9 Å². The highest BCUT2D eigenvalue weighted by Gasteiger charge is 2.04. The van der Waals surface area contributed by atoms with Crippen molar-refractivity contribution in [3.8, 4) is 5.75 Å². The van der Waals surface area contributed by atoms with Crippen molar-refractivity contribution < 1.29 is 14.3 Å². The van der Waals surface area contributed by atoms with Crippen molar-refractivity contribution in [1.29, 1.82) is 0 Å². The van der Waals surface area contributed by atoms with E-state index in [0.29, 0.717) is 23.5 Å². The zero-order chi connectivity index (χ0) is 12.5. The van der Waals surface area contributed by atoms with Gasteiger partial charge in [-0.3, -0.25) is 4.79 Å². The third-order valence-corrected chi connectivity index (χ3v) is 2.53. The van der Waals surface area contributed by atoms with Gasteiger partial charge in [0.25, 0.3) is 5.91 Å². The lowest BCUT2D eigenvalue weighted by atomic mass is 10.4. The topological polar surface area (TPSA) is 60.5 Å². The predicted molar refractivity (Wildman–Crippen MR) is 66.9 cm³/mol. The Balaban J connectivity index is 2.22. The summed E-state index contributed by atoms with van der Waals surface area (Å²) in [6.07, 6.45) is 2.43. The maximum absolute atomic E-state index is 11.4. The summed E-state index contributed by atoms with van der Waals surface area (Å²) in [7, 11) is 1.63. The van der Waals surface area contributed by atoms with Crippen molar-refractivity contribution in [2.24, 2.45) is 0 Å². The molecule has 1 N–H and O–H groups in total. The Hall–Kier alpha value is -1.14. The Morgan fingerprint density at radius 3 is 3.12 bits per heavy atom. The molecule has 1 aromatic rings. The van der Waals surface area contributed by atoms with Gasteiger partial charge in [0.1, 0.15) is 4.60 Å². The zero-order valence-electron chi connectivity index (χ0n) is 9.61. The quantitative estimate of drug-likeness (QED) is 0.610. The van der Waals surface area contributed by atoms with Crippen LogP contribution in [0.2, 0.25) is 0 Å². The van der Waals surface area contributed by atoms with Crippen LogP contribution in [0.5, 0.6) is 5.75 Å². The second kappa shape index (κ2) is 8.03. The molecule has 0 aromatic carbocycles. The number of aromatic nitrogens is 1. The van der Waals surface area contributed by atoms with E-state index >= 15 is 0 Å². The number of methoxy groups -OCH3 is 1. The summed E-state index contributed by atoms with van der Waals surface area (Å²) in [4.78, 5) is 15.4. The van der Waals surface area contributed by atoms with Crippen LogP contribution in [-0.4, -0.2) is 37.8 Å². The number of pyridine rings is 1. The van der Waals surface area contributed by atoms with Crippen molar-refractivity contribution in [3.63, 3.8) is 0 Å². The van der Waals surface area contributed by atoms with E-state index in [1.807, 2.05) is 0 Å². The number of rotatable bonds is 7. The molecule has 0 fully saturated rings. The molecule has 0 saturated heterocycles. The highest BCUT2D eigenvalue weighted by molar-refractivity contribution is 9.10. The number of nitrogens with zero attached hydrogens (tertiary/aromatic N) is 1. The third kappa shape index (κ3) is 5.65. The molecule has 5 nitrogen and oxygen atoms in total. The minimum Gasteiger partial charge on any atom is -0.481 e. The molecule has 0 atom stereocenters. The average Bonchev–Trinajstić information content (AvgIpc) is 2.34. The summed E-state index contributed by atoms with van der Waals surface area (Å²) in [6, 6.07) is 3.49. The molecule has 0 spiro atoms. The Bertz CT molecular complexity index is 360. The normalized spacial score (nSPS) is 10.0. The Morgan fingerprint density at radius 2 is 2.41 bits per heavy atom. The number of hydrogen-bond donors (Lipinski definition) is 1. The molecule has 0 saturated carbocycles. The standard InChI is InChI=1S/C11H15BrN2O3/c1-16-7-3-6-13-10(15)8-17-9-4-2-5-14-11(9)12/h2,4-5H,3,6-8H2,1H3,(H,13,15). The molecule has 1 rings (SSSR count). The molecule has 94 valence electrons. The van der Waals surface area contributed by atoms with Gasteiger partial charge < -0.3 is 14.8 Å². The molecule has 0 radical (unpaired) electrons. The first kappa shape index (κ1) is 13.9. The SMILES string of the molecule is COCCCNC(=O)COc1cccnc1Br. The Kier molecular flexibility index (Phi) is 6.57. The summed E-state index contributed by atoms with van der Waals surface area (Å²) in [5.74, 6) is 0.399. The van der Waals surface area contributed by atoms with Crippen LogP contribution in [0.3, 0.4) is 0 Å². The molecule has 1 aromatic heterocycles. The molecule has 1 heterocycles. The largest absolute Gasteiger partial charge is 0.481 e. The first-order valence-corrected chi connectivity index (χ1v) is 6.02. The molecular formula is C11H15BrN2O3. The summed E-state index contributed by atoms with van der Waals surface area (Å²) >= 11 is 3.24. The van der Waals surface area contributed by atoms with E-state index < -0.39 is 0 Å². The van der Waals surface area contributed by atoms with Gasteiger partial charge in [0, 0.05) is 26.5 Å². The number of carbonyl (C=O) groups is 1. The molecule has 0 bridgehead atoms. The molecule has 0 aliphatic carbocycles. The van der Waals surface area contributed by atoms with Gasteiger partial charge in [-0.25, -0.2) is 4.98 Å². The first-order chi connectivity index (χ1) is 8.24. The minimum absolute atomic E-state index is 0.0166. The van der Waals surface area contributed by atoms with E-state index in [1.165, 1.54) is 0 Å². The smallest absolute Gasteiger partial charge is 0.257 e. The number of nitrogens with one attached hydrogen (secondary N) is 1. The lowest BCUT2D eigenvalue weighted by Crippen LogP contribution is -2.30. The van der Waals surface area contributed by atoms with Crippen molar-refractivity contribution in [3.05, 3.63) is 22.9 Å². The fraction of sp³-hybridized carbons (Fsp3) is 0.455. The Labute approximate surface area is 109 Å². The molecule has 6 heteroatoms. The molecule has 17 heavy (non-hydrogen) atoms. The molecular weight excluding hydrogens is 288 g/mol. The number of amides is 1. The summed E-state index contributed by atoms with van der Waals surface area (Å²) < 4.78 is 10.8. The van der Waals surface area contributed by atoms with Gasteiger partial charge in [-0.15, -0.1) is 0 Å². The van der Waals surface area contributed by atoms with Crippen LogP contribution >= 0.6 is 15.9 Å². The third-order valence-electron chi connectivity index (χ3n) is 1.93. The van der Waals surface area contributed by atoms with E-state index in [9.17, 15) is 4.79 Å². The van der Waals surface area contributed by atoms with E-state index in [1.54, 1.807) is 25.4 Å². The van der Waals surface area contributed by atoms with Gasteiger partial charge >= 0.3 is 0 Å². The lowest BCUT2D eigenvalue weighted by molar-refractivity contribution is -0.123. The zero-order valence-corrected chi connectivity index (χ0v) is 11.2. The van der Waals surface area contributed by atoms with Gasteiger partial charge in [-0.1, -0.05) is 0 Å². The maximum atomic E-state index is 11.4. The van der Waals surface area contributed by atoms with Crippen LogP contribution in [-0.2, 0) is 9.53 Å². The first-order valence-electron chi connectivity index (χ1n) is 5.23. The van der Waals surface area contributed by atoms with Crippen LogP contribution in [0.15, 0.2) is 22.9 Å². The minimum atomic E-state index is -0.156. The summed E-state index contributed by atoms with van der Waals surface area (Å²) in [5, 5.41) is 2.73. The number of hydrogen-bond acceptors (Lipinski definition) is 4. The highest BCUT2D eigenvalue weighted by Crippen LogP contribution is 2.20. The fourth-order valence-corrected chi connectivity index (χ4v) is 1.48. The predicted octanol–water partition coefficient (Wildman–Crippen LogP) is 1.38. The highest BCUT2D eigenvalue weighted by atomic mass is 79.9. The van der Waals surface area contributed by atoms with Gasteiger partial charge in [-0.05, 0) is 34.5 Å². The van der Waals surface area contributed by atoms with Gasteiger partial charge in [-0.2, -0.15) is 0 Å². The second-order valence-electron chi connectivity index (χ2n) is 3.28. The monoisotopic (exact) mass is 302 g/mol. The molecule has 0 unspecified atom stereocenters. The maximum Gasteiger partial charge on any atom is 0.257 e. The fourth-order valence-electron chi connectivity index (χ4n) is 1.12. The molecule has 1 amide bonds. The van der Waals surface area contributed by atoms with E-state index in [4.69, 9.17) is 9.47 Å². The van der Waals surface area contributed by atoms with Gasteiger partial charge in [0.05, 0.1) is 0 Å². The summed E-state index contributed by atoms with van der Waals surface area (Å²) in [5.41, 5.74) is 0. The van der Waals surface area contributed by atoms with Gasteiger partial charge in [0.2, 0.25) is 0 Å². The van der Waals surface area contributed by atoms with Crippen LogP contribution in [0.4, 0.5) is 0 Å². The number of halogens is 1. The van der Waals surface area contributed by atoms with E-state index in [0.717, 1.165) is 6.42 Å². The molecule has 0 aliphatic heterocycles. The van der Waals surface area contributed by atoms with E-state index in [2.05, 4.69) is 26.2 Å². The van der Waals surface area contributed by atoms with Crippen LogP contribution in [0.1, 0.15) is 6.42 Å². The summed E-state index contributed by atoms with van der Waals surface area (Å²) in [6.45, 7) is 1.21. The number of carbonyl (C=O) groups excluding carboxylic acids is 1. The van der Waals surface area contributed by atoms with Crippen LogP contribution in [0.25, 0.3) is 0 Å². The van der Waals surface area contributed by atoms with Crippen LogP contribution in [0, 0.1) is 0 Å². The lowest BCUT2D eigenvalue weighted by Gasteiger charge is -2.07. The number of ether oxygens (including phenoxy) is 2. The van der Waals surface area contributed by atoms with E-state index in [-0.39, 0.29) is 12.5 Å². The average molecular weight is 303 g/mol. The Morgan fingerprint density at radius 1 is 1.59 bits per heavy atom. The van der Waals surface area contributed by atoms with Crippen LogP contribution < -0.4 is 10.1 Å². The molecule has 0 aliphatic rings. The van der Waals surface area contributed by atoms with Crippen molar-refractivity contribution in [1.82, 2.24) is 10.3 Å². The second-order valence-corrected chi connectivity index (χ2v) is 4.03.